The van der Waals surface area contributed by atoms with Crippen LogP contribution >= 0.6 is 0 Å². The van der Waals surface area contributed by atoms with Crippen molar-refractivity contribution in [3.63, 3.8) is 0 Å². The van der Waals surface area contributed by atoms with E-state index in [0.29, 0.717) is 0 Å². The lowest BCUT2D eigenvalue weighted by Gasteiger charge is -2.35. The van der Waals surface area contributed by atoms with E-state index < -0.39 is 0 Å². The molecule has 0 saturated carbocycles. The molecule has 2 rings (SSSR count). The Morgan fingerprint density at radius 1 is 0.810 bits per heavy atom. The van der Waals surface area contributed by atoms with Crippen molar-refractivity contribution in [1.29, 1.82) is 0 Å². The largest absolute Gasteiger partial charge is 0.306 e. The second-order valence-electron chi connectivity index (χ2n) is 6.57. The molecule has 21 heavy (non-hydrogen) atoms. The Hall–Kier alpha value is -0.120. The normalized spacial score (nSPS) is 22.9. The molecule has 0 atom stereocenters. The van der Waals surface area contributed by atoms with Crippen LogP contribution in [-0.2, 0) is 0 Å². The Labute approximate surface area is 133 Å². The fraction of sp³-hybridized carbons (Fsp3) is 1.00. The Morgan fingerprint density at radius 2 is 1.33 bits per heavy atom. The van der Waals surface area contributed by atoms with Crippen LogP contribution in [0.15, 0.2) is 0 Å². The third-order valence-corrected chi connectivity index (χ3v) is 4.93. The summed E-state index contributed by atoms with van der Waals surface area (Å²) in [5, 5.41) is 0. The molecular weight excluding hydrogens is 258 g/mol. The number of nitrogens with zero attached hydrogens (tertiary/aromatic N) is 3. The molecule has 0 bridgehead atoms. The van der Waals surface area contributed by atoms with Gasteiger partial charge in [-0.1, -0.05) is 20.8 Å². The van der Waals surface area contributed by atoms with Gasteiger partial charge in [-0.25, -0.2) is 0 Å². The molecule has 2 saturated heterocycles. The zero-order valence-electron chi connectivity index (χ0n) is 15.1. The van der Waals surface area contributed by atoms with Crippen LogP contribution < -0.4 is 0 Å². The minimum Gasteiger partial charge on any atom is -0.306 e. The lowest BCUT2D eigenvalue weighted by molar-refractivity contribution is 0.127. The molecule has 0 aliphatic carbocycles. The highest BCUT2D eigenvalue weighted by Crippen LogP contribution is 2.21. The second kappa shape index (κ2) is 11.4. The highest BCUT2D eigenvalue weighted by molar-refractivity contribution is 4.74. The summed E-state index contributed by atoms with van der Waals surface area (Å²) >= 11 is 0. The van der Waals surface area contributed by atoms with Gasteiger partial charge < -0.3 is 14.7 Å². The molecule has 0 amide bonds. The van der Waals surface area contributed by atoms with Crippen molar-refractivity contribution in [1.82, 2.24) is 14.7 Å². The van der Waals surface area contributed by atoms with E-state index in [1.165, 1.54) is 84.5 Å². The van der Waals surface area contributed by atoms with Gasteiger partial charge in [-0.05, 0) is 71.2 Å². The van der Waals surface area contributed by atoms with E-state index in [0.717, 1.165) is 5.92 Å². The monoisotopic (exact) mass is 297 g/mol. The zero-order valence-corrected chi connectivity index (χ0v) is 15.1. The minimum atomic E-state index is 1.01. The van der Waals surface area contributed by atoms with Crippen molar-refractivity contribution < 1.29 is 0 Å². The topological polar surface area (TPSA) is 9.72 Å². The fourth-order valence-electron chi connectivity index (χ4n) is 3.51. The Kier molecular flexibility index (Phi) is 10.3. The summed E-state index contributed by atoms with van der Waals surface area (Å²) < 4.78 is 0. The van der Waals surface area contributed by atoms with E-state index in [-0.39, 0.29) is 0 Å². The van der Waals surface area contributed by atoms with Crippen molar-refractivity contribution in [2.45, 2.75) is 52.9 Å². The summed E-state index contributed by atoms with van der Waals surface area (Å²) in [6.45, 7) is 16.7. The lowest BCUT2D eigenvalue weighted by Crippen LogP contribution is -2.46. The first kappa shape index (κ1) is 18.9. The first-order valence-electron chi connectivity index (χ1n) is 9.41. The van der Waals surface area contributed by atoms with Crippen LogP contribution in [0.25, 0.3) is 0 Å². The van der Waals surface area contributed by atoms with Crippen LogP contribution in [0.2, 0.25) is 0 Å². The highest BCUT2D eigenvalue weighted by Gasteiger charge is 2.18. The first-order chi connectivity index (χ1) is 10.3. The summed E-state index contributed by atoms with van der Waals surface area (Å²) in [7, 11) is 2.26. The van der Waals surface area contributed by atoms with Gasteiger partial charge in [-0.3, -0.25) is 0 Å². The molecule has 0 aromatic rings. The third-order valence-electron chi connectivity index (χ3n) is 4.93. The van der Waals surface area contributed by atoms with E-state index in [4.69, 9.17) is 0 Å². The van der Waals surface area contributed by atoms with Gasteiger partial charge in [0.05, 0.1) is 0 Å². The number of hydrogen-bond donors (Lipinski definition) is 0. The van der Waals surface area contributed by atoms with Crippen LogP contribution in [0.3, 0.4) is 0 Å². The molecule has 2 heterocycles. The highest BCUT2D eigenvalue weighted by atomic mass is 15.3. The number of likely N-dealkylation sites (tertiary alicyclic amines) is 1. The van der Waals surface area contributed by atoms with E-state index in [1.807, 2.05) is 13.8 Å². The van der Waals surface area contributed by atoms with Gasteiger partial charge >= 0.3 is 0 Å². The predicted octanol–water partition coefficient (Wildman–Crippen LogP) is 3.16. The molecule has 126 valence electrons. The van der Waals surface area contributed by atoms with Gasteiger partial charge in [0.25, 0.3) is 0 Å². The molecule has 0 unspecified atom stereocenters. The van der Waals surface area contributed by atoms with Crippen molar-refractivity contribution in [2.24, 2.45) is 5.92 Å². The van der Waals surface area contributed by atoms with Gasteiger partial charge in [-0.2, -0.15) is 0 Å². The van der Waals surface area contributed by atoms with Crippen molar-refractivity contribution in [2.75, 3.05) is 59.4 Å². The van der Waals surface area contributed by atoms with Crippen LogP contribution in [0.5, 0.6) is 0 Å². The van der Waals surface area contributed by atoms with E-state index >= 15 is 0 Å². The smallest absolute Gasteiger partial charge is 0.0110 e. The van der Waals surface area contributed by atoms with Gasteiger partial charge in [0, 0.05) is 26.2 Å². The molecule has 0 spiro atoms. The molecule has 0 aromatic heterocycles. The van der Waals surface area contributed by atoms with Crippen molar-refractivity contribution in [3.8, 4) is 0 Å². The molecule has 3 nitrogen and oxygen atoms in total. The van der Waals surface area contributed by atoms with Gasteiger partial charge in [-0.15, -0.1) is 0 Å². The zero-order chi connectivity index (χ0) is 15.5. The molecular formula is C18H39N3. The Morgan fingerprint density at radius 3 is 1.86 bits per heavy atom. The molecule has 2 aliphatic rings. The minimum absolute atomic E-state index is 1.01. The number of piperidine rings is 1. The molecule has 0 aromatic carbocycles. The Bertz CT molecular complexity index is 229. The summed E-state index contributed by atoms with van der Waals surface area (Å²) in [5.74, 6) is 1.01. The number of hydrogen-bond acceptors (Lipinski definition) is 3. The number of rotatable bonds is 6. The predicted molar refractivity (Wildman–Crippen MR) is 94.0 cm³/mol. The molecule has 2 aliphatic heterocycles. The maximum Gasteiger partial charge on any atom is 0.0110 e. The van der Waals surface area contributed by atoms with E-state index in [2.05, 4.69) is 28.7 Å². The average molecular weight is 298 g/mol. The quantitative estimate of drug-likeness (QED) is 0.745. The van der Waals surface area contributed by atoms with Crippen LogP contribution in [0, 0.1) is 5.92 Å². The number of piperazine rings is 1. The third kappa shape index (κ3) is 7.62. The second-order valence-corrected chi connectivity index (χ2v) is 6.57. The van der Waals surface area contributed by atoms with Gasteiger partial charge in [0.15, 0.2) is 0 Å². The van der Waals surface area contributed by atoms with Gasteiger partial charge in [0.2, 0.25) is 0 Å². The van der Waals surface area contributed by atoms with Crippen molar-refractivity contribution in [3.05, 3.63) is 0 Å². The average Bonchev–Trinajstić information content (AvgIpc) is 2.53. The molecule has 0 N–H and O–H groups in total. The SMILES string of the molecule is CC.CCCN1CCN(CCCC2CCN(C)CC2)CC1. The summed E-state index contributed by atoms with van der Waals surface area (Å²) in [6.07, 6.45) is 7.04. The lowest BCUT2D eigenvalue weighted by atomic mass is 9.92. The first-order valence-corrected chi connectivity index (χ1v) is 9.41. The van der Waals surface area contributed by atoms with E-state index in [9.17, 15) is 0 Å². The maximum atomic E-state index is 2.68. The van der Waals surface area contributed by atoms with Crippen molar-refractivity contribution >= 4 is 0 Å². The van der Waals surface area contributed by atoms with Crippen LogP contribution in [0.1, 0.15) is 52.9 Å². The summed E-state index contributed by atoms with van der Waals surface area (Å²) in [4.78, 5) is 7.78. The molecule has 3 heteroatoms. The Balaban J connectivity index is 0.00000106. The maximum absolute atomic E-state index is 2.68. The van der Waals surface area contributed by atoms with Gasteiger partial charge in [0.1, 0.15) is 0 Å². The molecule has 0 radical (unpaired) electrons. The van der Waals surface area contributed by atoms with E-state index in [1.54, 1.807) is 0 Å². The summed E-state index contributed by atoms with van der Waals surface area (Å²) in [6, 6.07) is 0. The summed E-state index contributed by atoms with van der Waals surface area (Å²) in [5.41, 5.74) is 0. The van der Waals surface area contributed by atoms with Crippen LogP contribution in [0.4, 0.5) is 0 Å². The van der Waals surface area contributed by atoms with Crippen LogP contribution in [-0.4, -0.2) is 74.1 Å². The molecule has 2 fully saturated rings. The standard InChI is InChI=1S/C16H33N3.C2H6/c1-3-8-18-12-14-19(15-13-18)9-4-5-16-6-10-17(2)11-7-16;1-2/h16H,3-15H2,1-2H3;1-2H3. The fourth-order valence-corrected chi connectivity index (χ4v) is 3.51.